The number of fused-ring (bicyclic) bond motifs is 1. The molecule has 2 aromatic carbocycles. The third-order valence-corrected chi connectivity index (χ3v) is 13.8. The summed E-state index contributed by atoms with van der Waals surface area (Å²) in [6, 6.07) is 8.59. The number of imide groups is 1. The van der Waals surface area contributed by atoms with E-state index in [1.807, 2.05) is 6.07 Å². The summed E-state index contributed by atoms with van der Waals surface area (Å²) in [5, 5.41) is 19.6. The van der Waals surface area contributed by atoms with Crippen LogP contribution in [0.4, 0.5) is 20.2 Å². The van der Waals surface area contributed by atoms with E-state index in [0.717, 1.165) is 104 Å². The van der Waals surface area contributed by atoms with Crippen LogP contribution in [0.15, 0.2) is 35.1 Å². The monoisotopic (exact) mass is 885 g/mol. The molecule has 0 saturated carbocycles. The Morgan fingerprint density at radius 3 is 2.10 bits per heavy atom. The van der Waals surface area contributed by atoms with E-state index in [0.29, 0.717) is 70.5 Å². The lowest BCUT2D eigenvalue weighted by Gasteiger charge is -2.45. The highest BCUT2D eigenvalue weighted by atomic mass is 32.2. The summed E-state index contributed by atoms with van der Waals surface area (Å²) in [5.74, 6) is 0.362. The highest BCUT2D eigenvalue weighted by molar-refractivity contribution is 7.99. The fourth-order valence-electron chi connectivity index (χ4n) is 9.11. The van der Waals surface area contributed by atoms with Crippen LogP contribution in [0.1, 0.15) is 70.0 Å². The molecule has 16 nitrogen and oxygen atoms in total. The number of carboxylic acid groups (broad SMARTS) is 2. The van der Waals surface area contributed by atoms with Gasteiger partial charge in [-0.3, -0.25) is 29.3 Å². The van der Waals surface area contributed by atoms with Crippen LogP contribution in [0.5, 0.6) is 5.75 Å². The number of ether oxygens (including phenoxy) is 2. The molecule has 0 spiro atoms. The van der Waals surface area contributed by atoms with E-state index in [1.54, 1.807) is 23.9 Å². The second-order valence-electron chi connectivity index (χ2n) is 16.2. The molecule has 1 atom stereocenters. The number of aromatic amines is 1. The summed E-state index contributed by atoms with van der Waals surface area (Å²) < 4.78 is 41.9. The van der Waals surface area contributed by atoms with E-state index in [1.165, 1.54) is 12.1 Å². The number of aromatic nitrogens is 2. The smallest absolute Gasteiger partial charge is 0.290 e. The van der Waals surface area contributed by atoms with Crippen LogP contribution < -0.4 is 25.8 Å². The van der Waals surface area contributed by atoms with Gasteiger partial charge in [0.2, 0.25) is 11.8 Å². The van der Waals surface area contributed by atoms with Crippen molar-refractivity contribution >= 4 is 58.8 Å². The SMILES string of the molecule is O=C1CCC(Nc2ccc(N3CCC(N4CCC(N5CCC(COc6cc(F)c7c(=O)[nH]c(CSC8CCOCC8)nc7c6)CC5)CC4)CC3)c(F)c2)C(=O)N1.O=CO.O=CO. The first-order valence-electron chi connectivity index (χ1n) is 21.4. The topological polar surface area (TPSA) is 207 Å². The molecule has 0 bridgehead atoms. The van der Waals surface area contributed by atoms with Gasteiger partial charge in [-0.25, -0.2) is 13.8 Å². The molecule has 3 aromatic rings. The molecule has 6 heterocycles. The standard InChI is InChI=1S/C41H53F2N7O5S.2CH2O2/c42-32-21-27(44-34-2-4-38(51)47-40(34)52)1-3-36(32)50-17-9-29(10-18-50)49-15-7-28(8-16-49)48-13-5-26(6-14-48)24-55-30-22-33(43)39-35(23-30)45-37(46-41(39)53)25-56-31-11-19-54-20-12-31;2*2-1-3/h1,3,21-23,26,28-29,31,34,44H,2,4-20,24-25H2,(H,45,46,53)(H,47,51,52);2*1H,(H,2,3). The molecule has 62 heavy (non-hydrogen) atoms. The number of hydrogen-bond donors (Lipinski definition) is 5. The van der Waals surface area contributed by atoms with Gasteiger partial charge in [0, 0.05) is 67.9 Å². The van der Waals surface area contributed by atoms with Crippen LogP contribution in [0.3, 0.4) is 0 Å². The number of hydrogen-bond acceptors (Lipinski definition) is 13. The van der Waals surface area contributed by atoms with Gasteiger partial charge < -0.3 is 44.7 Å². The average molecular weight is 886 g/mol. The number of carbonyl (C=O) groups excluding carboxylic acids is 2. The Kier molecular flexibility index (Phi) is 17.3. The van der Waals surface area contributed by atoms with Crippen molar-refractivity contribution in [2.75, 3.05) is 69.3 Å². The number of rotatable bonds is 11. The van der Waals surface area contributed by atoms with E-state index >= 15 is 8.78 Å². The number of likely N-dealkylation sites (tertiary alicyclic amines) is 2. The van der Waals surface area contributed by atoms with Crippen molar-refractivity contribution in [2.45, 2.75) is 93.3 Å². The van der Waals surface area contributed by atoms with Crippen LogP contribution in [-0.4, -0.2) is 137 Å². The second-order valence-corrected chi connectivity index (χ2v) is 17.5. The molecule has 0 radical (unpaired) electrons. The van der Waals surface area contributed by atoms with Gasteiger partial charge in [-0.1, -0.05) is 0 Å². The second kappa shape index (κ2) is 23.0. The number of benzene rings is 2. The van der Waals surface area contributed by atoms with E-state index in [4.69, 9.17) is 29.3 Å². The number of H-pyrrole nitrogens is 1. The van der Waals surface area contributed by atoms with Crippen molar-refractivity contribution in [3.8, 4) is 5.75 Å². The van der Waals surface area contributed by atoms with Crippen molar-refractivity contribution in [3.05, 3.63) is 58.1 Å². The summed E-state index contributed by atoms with van der Waals surface area (Å²) in [6.07, 6.45) is 8.98. The fraction of sp³-hybridized carbons (Fsp3) is 0.581. The van der Waals surface area contributed by atoms with Crippen molar-refractivity contribution < 1.29 is 47.6 Å². The van der Waals surface area contributed by atoms with Gasteiger partial charge in [0.15, 0.2) is 0 Å². The van der Waals surface area contributed by atoms with Gasteiger partial charge in [-0.15, -0.1) is 0 Å². The van der Waals surface area contributed by atoms with Gasteiger partial charge in [0.25, 0.3) is 18.5 Å². The number of amides is 2. The molecule has 1 aromatic heterocycles. The molecule has 2 amide bonds. The van der Waals surface area contributed by atoms with Gasteiger partial charge in [-0.2, -0.15) is 11.8 Å². The molecule has 5 saturated heterocycles. The largest absolute Gasteiger partial charge is 0.493 e. The van der Waals surface area contributed by atoms with Crippen molar-refractivity contribution in [3.63, 3.8) is 0 Å². The first-order chi connectivity index (χ1) is 30.1. The first-order valence-corrected chi connectivity index (χ1v) is 22.5. The van der Waals surface area contributed by atoms with Crippen molar-refractivity contribution in [1.82, 2.24) is 25.1 Å². The van der Waals surface area contributed by atoms with Crippen LogP contribution >= 0.6 is 11.8 Å². The molecular formula is C43H57F2N7O9S. The molecule has 5 aliphatic rings. The fourth-order valence-corrected chi connectivity index (χ4v) is 10.2. The first kappa shape index (κ1) is 46.6. The van der Waals surface area contributed by atoms with Crippen molar-refractivity contribution in [2.24, 2.45) is 5.92 Å². The Morgan fingerprint density at radius 1 is 0.839 bits per heavy atom. The maximum absolute atomic E-state index is 15.2. The number of halogens is 2. The predicted molar refractivity (Wildman–Crippen MR) is 231 cm³/mol. The van der Waals surface area contributed by atoms with E-state index in [9.17, 15) is 14.4 Å². The summed E-state index contributed by atoms with van der Waals surface area (Å²) in [5.41, 5.74) is 1.01. The molecule has 19 heteroatoms. The number of carbonyl (C=O) groups is 4. The average Bonchev–Trinajstić information content (AvgIpc) is 3.27. The minimum absolute atomic E-state index is 0.0254. The van der Waals surface area contributed by atoms with Crippen LogP contribution in [0, 0.1) is 17.6 Å². The highest BCUT2D eigenvalue weighted by Crippen LogP contribution is 2.32. The van der Waals surface area contributed by atoms with Crippen LogP contribution in [0.25, 0.3) is 10.9 Å². The van der Waals surface area contributed by atoms with Crippen LogP contribution in [0.2, 0.25) is 0 Å². The van der Waals surface area contributed by atoms with E-state index < -0.39 is 17.4 Å². The van der Waals surface area contributed by atoms with Gasteiger partial charge in [0.05, 0.1) is 23.6 Å². The zero-order valence-corrected chi connectivity index (χ0v) is 35.6. The normalized spacial score (nSPS) is 21.3. The lowest BCUT2D eigenvalue weighted by atomic mass is 9.92. The van der Waals surface area contributed by atoms with Crippen molar-refractivity contribution in [1.29, 1.82) is 0 Å². The predicted octanol–water partition coefficient (Wildman–Crippen LogP) is 4.46. The summed E-state index contributed by atoms with van der Waals surface area (Å²) in [6.45, 7) is 7.34. The van der Waals surface area contributed by atoms with Crippen LogP contribution in [-0.2, 0) is 29.7 Å². The molecule has 5 N–H and O–H groups in total. The maximum Gasteiger partial charge on any atom is 0.290 e. The van der Waals surface area contributed by atoms with Gasteiger partial charge >= 0.3 is 0 Å². The van der Waals surface area contributed by atoms with E-state index in [-0.39, 0.29) is 42.4 Å². The highest BCUT2D eigenvalue weighted by Gasteiger charge is 2.33. The van der Waals surface area contributed by atoms with E-state index in [2.05, 4.69) is 35.3 Å². The Labute approximate surface area is 363 Å². The Balaban J connectivity index is 0.00000101. The number of piperidine rings is 4. The summed E-state index contributed by atoms with van der Waals surface area (Å²) in [7, 11) is 0. The number of thioether (sulfide) groups is 1. The molecule has 5 aliphatic heterocycles. The quantitative estimate of drug-likeness (QED) is 0.133. The minimum Gasteiger partial charge on any atom is -0.493 e. The third-order valence-electron chi connectivity index (χ3n) is 12.4. The number of anilines is 2. The molecule has 0 aliphatic carbocycles. The summed E-state index contributed by atoms with van der Waals surface area (Å²) in [4.78, 5) is 67.8. The number of nitrogens with zero attached hydrogens (tertiary/aromatic N) is 4. The maximum atomic E-state index is 15.2. The molecule has 1 unspecified atom stereocenters. The molecule has 5 fully saturated rings. The van der Waals surface area contributed by atoms with Gasteiger partial charge in [0.1, 0.15) is 34.6 Å². The van der Waals surface area contributed by atoms with Gasteiger partial charge in [-0.05, 0) is 108 Å². The lowest BCUT2D eigenvalue weighted by Crippen LogP contribution is -2.52. The zero-order valence-electron chi connectivity index (χ0n) is 34.8. The lowest BCUT2D eigenvalue weighted by molar-refractivity contribution is -0.133. The molecule has 338 valence electrons. The molecular weight excluding hydrogens is 829 g/mol. The summed E-state index contributed by atoms with van der Waals surface area (Å²) >= 11 is 1.75. The minimum atomic E-state index is -0.608. The third kappa shape index (κ3) is 12.6. The zero-order chi connectivity index (χ0) is 44.0. The number of nitrogens with one attached hydrogen (secondary N) is 3. The Morgan fingerprint density at radius 2 is 1.47 bits per heavy atom. The Hall–Kier alpha value is -4.85. The molecule has 8 rings (SSSR count). The Bertz CT molecular complexity index is 2030.